The largest absolute Gasteiger partial charge is 0.462 e. The number of ether oxygens (including phenoxy) is 3. The fourth-order valence-corrected chi connectivity index (χ4v) is 8.09. The number of halogens is 4. The second kappa shape index (κ2) is 11.0. The van der Waals surface area contributed by atoms with Crippen LogP contribution in [0.25, 0.3) is 0 Å². The van der Waals surface area contributed by atoms with E-state index in [9.17, 15) is 33.6 Å². The van der Waals surface area contributed by atoms with Crippen molar-refractivity contribution in [3.63, 3.8) is 0 Å². The van der Waals surface area contributed by atoms with E-state index in [0.717, 1.165) is 6.42 Å². The highest BCUT2D eigenvalue weighted by Gasteiger charge is 2.76. The first-order valence-corrected chi connectivity index (χ1v) is 14.4. The van der Waals surface area contributed by atoms with Gasteiger partial charge in [-0.2, -0.15) is 18.1 Å². The number of rotatable bonds is 7. The molecule has 0 amide bonds. The third-order valence-corrected chi connectivity index (χ3v) is 9.70. The minimum atomic E-state index is -4.65. The fourth-order valence-electron chi connectivity index (χ4n) is 7.46. The van der Waals surface area contributed by atoms with Crippen LogP contribution < -0.4 is 4.74 Å². The molecule has 232 valence electrons. The maximum absolute atomic E-state index is 13.6. The van der Waals surface area contributed by atoms with Gasteiger partial charge in [-0.15, -0.1) is 11.6 Å². The number of aliphatic hydroxyl groups is 4. The SMILES string of the molecule is CCC1CC2(Cl)CC(C)CC(C2)C12OOC2(OCC(F)(F)F)c1ccc(C)c(OC2OC(CO)C(O)C(O)C2O)c1. The van der Waals surface area contributed by atoms with E-state index in [0.29, 0.717) is 31.2 Å². The zero-order valence-corrected chi connectivity index (χ0v) is 23.9. The van der Waals surface area contributed by atoms with Crippen molar-refractivity contribution in [1.29, 1.82) is 0 Å². The van der Waals surface area contributed by atoms with E-state index in [4.69, 9.17) is 35.6 Å². The molecule has 4 fully saturated rings. The molecule has 1 spiro atoms. The summed E-state index contributed by atoms with van der Waals surface area (Å²) in [5.74, 6) is -2.14. The van der Waals surface area contributed by atoms with Crippen LogP contribution in [0.15, 0.2) is 18.2 Å². The Kier molecular flexibility index (Phi) is 8.41. The summed E-state index contributed by atoms with van der Waals surface area (Å²) in [6.07, 6.45) is -9.17. The highest BCUT2D eigenvalue weighted by Crippen LogP contribution is 2.67. The van der Waals surface area contributed by atoms with Crippen LogP contribution in [0, 0.1) is 24.7 Å². The predicted octanol–water partition coefficient (Wildman–Crippen LogP) is 3.45. The van der Waals surface area contributed by atoms with Gasteiger partial charge in [0.15, 0.2) is 5.60 Å². The van der Waals surface area contributed by atoms with Crippen molar-refractivity contribution in [1.82, 2.24) is 0 Å². The van der Waals surface area contributed by atoms with Crippen LogP contribution in [0.4, 0.5) is 13.2 Å². The summed E-state index contributed by atoms with van der Waals surface area (Å²) in [4.78, 5) is 11.1. The molecule has 11 atom stereocenters. The van der Waals surface area contributed by atoms with E-state index in [1.165, 1.54) is 6.07 Å². The third-order valence-electron chi connectivity index (χ3n) is 9.24. The first kappa shape index (κ1) is 31.2. The molecule has 1 aromatic carbocycles. The van der Waals surface area contributed by atoms with Gasteiger partial charge in [0.25, 0.3) is 5.79 Å². The molecule has 41 heavy (non-hydrogen) atoms. The molecule has 2 bridgehead atoms. The molecule has 2 heterocycles. The molecule has 13 heteroatoms. The molecule has 4 aliphatic rings. The van der Waals surface area contributed by atoms with Crippen molar-refractivity contribution >= 4 is 11.6 Å². The Hall–Kier alpha value is -1.22. The number of aliphatic hydroxyl groups excluding tert-OH is 4. The molecule has 11 unspecified atom stereocenters. The molecule has 2 aliphatic heterocycles. The van der Waals surface area contributed by atoms with E-state index in [-0.39, 0.29) is 29.1 Å². The molecule has 1 aromatic rings. The molecular formula is C28H38ClF3O9. The van der Waals surface area contributed by atoms with Gasteiger partial charge in [-0.1, -0.05) is 32.4 Å². The van der Waals surface area contributed by atoms with Gasteiger partial charge in [0.05, 0.1) is 6.61 Å². The van der Waals surface area contributed by atoms with Gasteiger partial charge in [-0.3, -0.25) is 0 Å². The quantitative estimate of drug-likeness (QED) is 0.271. The van der Waals surface area contributed by atoms with Crippen molar-refractivity contribution in [3.05, 3.63) is 29.3 Å². The summed E-state index contributed by atoms with van der Waals surface area (Å²) in [7, 11) is 0. The number of fused-ring (bicyclic) bond motifs is 3. The monoisotopic (exact) mass is 610 g/mol. The molecule has 2 saturated carbocycles. The van der Waals surface area contributed by atoms with E-state index >= 15 is 0 Å². The van der Waals surface area contributed by atoms with Crippen LogP contribution in [0.5, 0.6) is 5.75 Å². The molecule has 2 saturated heterocycles. The van der Waals surface area contributed by atoms with Gasteiger partial charge in [-0.25, -0.2) is 4.89 Å². The Morgan fingerprint density at radius 1 is 1.07 bits per heavy atom. The van der Waals surface area contributed by atoms with Crippen LogP contribution in [-0.4, -0.2) is 81.0 Å². The van der Waals surface area contributed by atoms with Crippen molar-refractivity contribution in [2.75, 3.05) is 13.2 Å². The smallest absolute Gasteiger partial charge is 0.411 e. The maximum atomic E-state index is 13.6. The Bertz CT molecular complexity index is 1110. The second-order valence-electron chi connectivity index (χ2n) is 12.2. The van der Waals surface area contributed by atoms with Crippen molar-refractivity contribution in [2.45, 2.75) is 106 Å². The third kappa shape index (κ3) is 5.27. The zero-order chi connectivity index (χ0) is 30.0. The van der Waals surface area contributed by atoms with Crippen LogP contribution >= 0.6 is 11.6 Å². The first-order valence-electron chi connectivity index (χ1n) is 14.0. The van der Waals surface area contributed by atoms with Gasteiger partial charge in [0.1, 0.15) is 36.8 Å². The van der Waals surface area contributed by atoms with Crippen molar-refractivity contribution < 1.29 is 57.6 Å². The topological polar surface area (TPSA) is 127 Å². The molecule has 2 aliphatic carbocycles. The van der Waals surface area contributed by atoms with E-state index in [1.54, 1.807) is 19.1 Å². The highest BCUT2D eigenvalue weighted by molar-refractivity contribution is 6.24. The fraction of sp³-hybridized carbons (Fsp3) is 0.786. The maximum Gasteiger partial charge on any atom is 0.411 e. The van der Waals surface area contributed by atoms with Crippen LogP contribution in [0.3, 0.4) is 0 Å². The lowest BCUT2D eigenvalue weighted by atomic mass is 9.53. The first-order chi connectivity index (χ1) is 19.2. The highest BCUT2D eigenvalue weighted by atomic mass is 35.5. The zero-order valence-electron chi connectivity index (χ0n) is 23.1. The average Bonchev–Trinajstić information content (AvgIpc) is 2.88. The van der Waals surface area contributed by atoms with Crippen LogP contribution in [0.1, 0.15) is 57.1 Å². The average molecular weight is 611 g/mol. The summed E-state index contributed by atoms with van der Waals surface area (Å²) < 4.78 is 58.0. The number of hydrogen-bond acceptors (Lipinski definition) is 9. The normalized spacial score (nSPS) is 44.5. The Morgan fingerprint density at radius 2 is 1.80 bits per heavy atom. The Balaban J connectivity index is 1.55. The summed E-state index contributed by atoms with van der Waals surface area (Å²) in [5.41, 5.74) is -0.500. The minimum Gasteiger partial charge on any atom is -0.462 e. The summed E-state index contributed by atoms with van der Waals surface area (Å²) in [5, 5.41) is 40.3. The van der Waals surface area contributed by atoms with Gasteiger partial charge < -0.3 is 34.6 Å². The lowest BCUT2D eigenvalue weighted by Crippen LogP contribution is -2.76. The van der Waals surface area contributed by atoms with E-state index in [1.807, 2.05) is 6.92 Å². The Labute approximate surface area is 241 Å². The number of hydrogen-bond donors (Lipinski definition) is 4. The molecule has 0 radical (unpaired) electrons. The minimum absolute atomic E-state index is 0.111. The molecular weight excluding hydrogens is 573 g/mol. The number of aryl methyl sites for hydroxylation is 1. The van der Waals surface area contributed by atoms with Crippen LogP contribution in [-0.2, 0) is 25.0 Å². The van der Waals surface area contributed by atoms with Crippen LogP contribution in [0.2, 0.25) is 0 Å². The summed E-state index contributed by atoms with van der Waals surface area (Å²) in [6, 6.07) is 4.67. The molecule has 9 nitrogen and oxygen atoms in total. The number of alkyl halides is 4. The standard InChI is InChI=1S/C28H38ClF3O9/c1-4-16-10-25(29)9-14(2)7-18(11-25)27(16)28(41-40-27,37-13-26(30,31)32)17-6-5-15(3)19(8-17)38-24-23(36)22(35)21(34)20(12-33)39-24/h5-6,8,14,16,18,20-24,33-36H,4,7,9-13H2,1-3H3. The van der Waals surface area contributed by atoms with Gasteiger partial charge in [-0.05, 0) is 62.0 Å². The lowest BCUT2D eigenvalue weighted by molar-refractivity contribution is -0.646. The van der Waals surface area contributed by atoms with E-state index in [2.05, 4.69) is 6.92 Å². The van der Waals surface area contributed by atoms with Crippen molar-refractivity contribution in [3.8, 4) is 5.75 Å². The van der Waals surface area contributed by atoms with Gasteiger partial charge in [0.2, 0.25) is 6.29 Å². The Morgan fingerprint density at radius 3 is 2.41 bits per heavy atom. The summed E-state index contributed by atoms with van der Waals surface area (Å²) >= 11 is 7.05. The van der Waals surface area contributed by atoms with Gasteiger partial charge >= 0.3 is 6.18 Å². The molecule has 0 aromatic heterocycles. The lowest BCUT2D eigenvalue weighted by Gasteiger charge is -2.66. The van der Waals surface area contributed by atoms with Crippen molar-refractivity contribution in [2.24, 2.45) is 17.8 Å². The second-order valence-corrected chi connectivity index (χ2v) is 13.0. The molecule has 4 N–H and O–H groups in total. The molecule has 5 rings (SSSR count). The van der Waals surface area contributed by atoms with Gasteiger partial charge in [0, 0.05) is 10.4 Å². The van der Waals surface area contributed by atoms with E-state index < -0.39 is 66.4 Å². The number of benzene rings is 1. The summed E-state index contributed by atoms with van der Waals surface area (Å²) in [6.45, 7) is 3.46. The predicted molar refractivity (Wildman–Crippen MR) is 138 cm³/mol.